The average molecular weight is 499 g/mol. The SMILES string of the molecule is C/C(=N\c1c(C)cccc1Br)c1cccc(/C(C)=N/c2c(C)cccc2Br)n1. The third-order valence-electron chi connectivity index (χ3n) is 4.43. The summed E-state index contributed by atoms with van der Waals surface area (Å²) in [6.45, 7) is 8.07. The van der Waals surface area contributed by atoms with Gasteiger partial charge in [0.2, 0.25) is 0 Å². The molecule has 3 aromatic rings. The van der Waals surface area contributed by atoms with E-state index in [0.29, 0.717) is 0 Å². The van der Waals surface area contributed by atoms with Crippen molar-refractivity contribution in [1.82, 2.24) is 4.98 Å². The molecule has 0 bridgehead atoms. The molecule has 0 fully saturated rings. The predicted octanol–water partition coefficient (Wildman–Crippen LogP) is 7.50. The minimum absolute atomic E-state index is 0.839. The van der Waals surface area contributed by atoms with Crippen molar-refractivity contribution in [3.63, 3.8) is 0 Å². The maximum Gasteiger partial charge on any atom is 0.0849 e. The summed E-state index contributed by atoms with van der Waals surface area (Å²) in [5.74, 6) is 0. The predicted molar refractivity (Wildman–Crippen MR) is 126 cm³/mol. The monoisotopic (exact) mass is 497 g/mol. The molecule has 0 radical (unpaired) electrons. The average Bonchev–Trinajstić information content (AvgIpc) is 2.67. The third kappa shape index (κ3) is 4.65. The molecule has 0 saturated carbocycles. The van der Waals surface area contributed by atoms with Crippen LogP contribution in [0.5, 0.6) is 0 Å². The molecular weight excluding hydrogens is 478 g/mol. The van der Waals surface area contributed by atoms with Crippen LogP contribution in [0.3, 0.4) is 0 Å². The molecule has 1 aromatic heterocycles. The van der Waals surface area contributed by atoms with Gasteiger partial charge in [-0.1, -0.05) is 30.3 Å². The fourth-order valence-electron chi connectivity index (χ4n) is 2.82. The molecule has 0 aliphatic heterocycles. The molecule has 2 aromatic carbocycles. The second-order valence-corrected chi connectivity index (χ2v) is 8.32. The minimum atomic E-state index is 0.839. The Bertz CT molecular complexity index is 962. The van der Waals surface area contributed by atoms with Crippen LogP contribution in [-0.2, 0) is 0 Å². The number of aryl methyl sites for hydroxylation is 2. The fourth-order valence-corrected chi connectivity index (χ4v) is 3.93. The van der Waals surface area contributed by atoms with E-state index in [-0.39, 0.29) is 0 Å². The molecule has 0 aliphatic rings. The lowest BCUT2D eigenvalue weighted by Gasteiger charge is -2.08. The van der Waals surface area contributed by atoms with Gasteiger partial charge in [-0.3, -0.25) is 9.98 Å². The molecule has 5 heteroatoms. The number of pyridine rings is 1. The molecule has 28 heavy (non-hydrogen) atoms. The first kappa shape index (κ1) is 20.6. The standard InChI is InChI=1S/C23H21Br2N3/c1-14-8-5-10-18(24)22(14)26-16(3)20-12-7-13-21(28-20)17(4)27-23-15(2)9-6-11-19(23)25/h5-13H,1-4H3/b26-16+,27-17+. The Kier molecular flexibility index (Phi) is 6.57. The summed E-state index contributed by atoms with van der Waals surface area (Å²) in [6.07, 6.45) is 0. The molecule has 0 saturated heterocycles. The van der Waals surface area contributed by atoms with Crippen LogP contribution < -0.4 is 0 Å². The number of hydrogen-bond donors (Lipinski definition) is 0. The zero-order valence-corrected chi connectivity index (χ0v) is 19.5. The zero-order chi connectivity index (χ0) is 20.3. The van der Waals surface area contributed by atoms with E-state index in [1.807, 2.05) is 56.3 Å². The first-order chi connectivity index (χ1) is 13.4. The lowest BCUT2D eigenvalue weighted by atomic mass is 10.1. The van der Waals surface area contributed by atoms with Crippen LogP contribution in [0, 0.1) is 13.8 Å². The van der Waals surface area contributed by atoms with Crippen molar-refractivity contribution in [2.45, 2.75) is 27.7 Å². The number of nitrogens with zero attached hydrogens (tertiary/aromatic N) is 3. The Morgan fingerprint density at radius 1 is 0.679 bits per heavy atom. The van der Waals surface area contributed by atoms with Crippen molar-refractivity contribution in [3.05, 3.63) is 86.1 Å². The van der Waals surface area contributed by atoms with Crippen molar-refractivity contribution >= 4 is 54.7 Å². The Labute approximate surface area is 182 Å². The number of halogens is 2. The summed E-state index contributed by atoms with van der Waals surface area (Å²) < 4.78 is 1.95. The number of aromatic nitrogens is 1. The van der Waals surface area contributed by atoms with Gasteiger partial charge >= 0.3 is 0 Å². The summed E-state index contributed by atoms with van der Waals surface area (Å²) in [5, 5.41) is 0. The van der Waals surface area contributed by atoms with E-state index in [2.05, 4.69) is 57.8 Å². The molecule has 0 amide bonds. The van der Waals surface area contributed by atoms with Gasteiger partial charge in [0.1, 0.15) is 0 Å². The van der Waals surface area contributed by atoms with Crippen LogP contribution >= 0.6 is 31.9 Å². The lowest BCUT2D eigenvalue weighted by molar-refractivity contribution is 1.23. The van der Waals surface area contributed by atoms with Crippen LogP contribution in [0.2, 0.25) is 0 Å². The Hall–Kier alpha value is -2.11. The van der Waals surface area contributed by atoms with Gasteiger partial charge in [-0.15, -0.1) is 0 Å². The number of para-hydroxylation sites is 2. The topological polar surface area (TPSA) is 37.6 Å². The quantitative estimate of drug-likeness (QED) is 0.343. The Morgan fingerprint density at radius 3 is 1.46 bits per heavy atom. The summed E-state index contributed by atoms with van der Waals surface area (Å²) in [5.41, 5.74) is 7.50. The summed E-state index contributed by atoms with van der Waals surface area (Å²) in [6, 6.07) is 18.1. The molecule has 0 N–H and O–H groups in total. The highest BCUT2D eigenvalue weighted by atomic mass is 79.9. The molecule has 142 valence electrons. The van der Waals surface area contributed by atoms with Crippen molar-refractivity contribution in [2.75, 3.05) is 0 Å². The van der Waals surface area contributed by atoms with Gasteiger partial charge in [-0.25, -0.2) is 4.98 Å². The van der Waals surface area contributed by atoms with Crippen LogP contribution in [0.4, 0.5) is 11.4 Å². The second kappa shape index (κ2) is 8.93. The molecule has 3 rings (SSSR count). The Balaban J connectivity index is 1.98. The minimum Gasteiger partial charge on any atom is -0.250 e. The normalized spacial score (nSPS) is 12.4. The second-order valence-electron chi connectivity index (χ2n) is 6.61. The van der Waals surface area contributed by atoms with Crippen molar-refractivity contribution in [3.8, 4) is 0 Å². The number of rotatable bonds is 4. The number of hydrogen-bond acceptors (Lipinski definition) is 3. The van der Waals surface area contributed by atoms with Gasteiger partial charge < -0.3 is 0 Å². The van der Waals surface area contributed by atoms with Gasteiger partial charge in [-0.2, -0.15) is 0 Å². The molecular formula is C23H21Br2N3. The van der Waals surface area contributed by atoms with E-state index < -0.39 is 0 Å². The zero-order valence-electron chi connectivity index (χ0n) is 16.3. The number of aliphatic imine (C=N–C) groups is 2. The summed E-state index contributed by atoms with van der Waals surface area (Å²) in [7, 11) is 0. The molecule has 0 spiro atoms. The molecule has 0 atom stereocenters. The van der Waals surface area contributed by atoms with Crippen LogP contribution in [0.25, 0.3) is 0 Å². The van der Waals surface area contributed by atoms with Gasteiger partial charge in [0.25, 0.3) is 0 Å². The fraction of sp³-hybridized carbons (Fsp3) is 0.174. The highest BCUT2D eigenvalue weighted by molar-refractivity contribution is 9.11. The lowest BCUT2D eigenvalue weighted by Crippen LogP contribution is -2.05. The van der Waals surface area contributed by atoms with E-state index in [4.69, 9.17) is 15.0 Å². The summed E-state index contributed by atoms with van der Waals surface area (Å²) in [4.78, 5) is 14.4. The van der Waals surface area contributed by atoms with Gasteiger partial charge in [0.15, 0.2) is 0 Å². The van der Waals surface area contributed by atoms with Gasteiger partial charge in [0.05, 0.1) is 34.2 Å². The maximum atomic E-state index is 4.80. The summed E-state index contributed by atoms with van der Waals surface area (Å²) >= 11 is 7.17. The molecule has 1 heterocycles. The van der Waals surface area contributed by atoms with Crippen molar-refractivity contribution < 1.29 is 0 Å². The van der Waals surface area contributed by atoms with Gasteiger partial charge in [0, 0.05) is 8.95 Å². The highest BCUT2D eigenvalue weighted by Gasteiger charge is 2.08. The number of benzene rings is 2. The highest BCUT2D eigenvalue weighted by Crippen LogP contribution is 2.30. The molecule has 0 aliphatic carbocycles. The van der Waals surface area contributed by atoms with Crippen LogP contribution in [0.1, 0.15) is 36.4 Å². The Morgan fingerprint density at radius 2 is 1.07 bits per heavy atom. The van der Waals surface area contributed by atoms with Crippen molar-refractivity contribution in [2.24, 2.45) is 9.98 Å². The van der Waals surface area contributed by atoms with E-state index in [9.17, 15) is 0 Å². The van der Waals surface area contributed by atoms with Crippen LogP contribution in [0.15, 0.2) is 73.5 Å². The first-order valence-corrected chi connectivity index (χ1v) is 10.5. The molecule has 3 nitrogen and oxygen atoms in total. The van der Waals surface area contributed by atoms with E-state index in [1.165, 1.54) is 0 Å². The van der Waals surface area contributed by atoms with Crippen LogP contribution in [-0.4, -0.2) is 16.4 Å². The maximum absolute atomic E-state index is 4.80. The van der Waals surface area contributed by atoms with E-state index >= 15 is 0 Å². The van der Waals surface area contributed by atoms with E-state index in [0.717, 1.165) is 54.3 Å². The van der Waals surface area contributed by atoms with Crippen molar-refractivity contribution in [1.29, 1.82) is 0 Å². The van der Waals surface area contributed by atoms with Gasteiger partial charge in [-0.05, 0) is 94.9 Å². The molecule has 0 unspecified atom stereocenters. The smallest absolute Gasteiger partial charge is 0.0849 e. The third-order valence-corrected chi connectivity index (χ3v) is 5.71. The van der Waals surface area contributed by atoms with E-state index in [1.54, 1.807) is 0 Å². The largest absolute Gasteiger partial charge is 0.250 e. The first-order valence-electron chi connectivity index (χ1n) is 8.95.